The Hall–Kier alpha value is -1.98. The van der Waals surface area contributed by atoms with Crippen molar-refractivity contribution < 1.29 is 4.21 Å². The van der Waals surface area contributed by atoms with Gasteiger partial charge in [-0.1, -0.05) is 18.2 Å². The minimum Gasteiger partial charge on any atom is -0.317 e. The van der Waals surface area contributed by atoms with Gasteiger partial charge in [-0.3, -0.25) is 4.21 Å². The van der Waals surface area contributed by atoms with Gasteiger partial charge in [0.05, 0.1) is 5.69 Å². The average Bonchev–Trinajstić information content (AvgIpc) is 3.07. The zero-order chi connectivity index (χ0) is 17.4. The number of nitrogens with zero attached hydrogens (tertiary/aromatic N) is 2. The first-order valence-corrected chi connectivity index (χ1v) is 10.3. The van der Waals surface area contributed by atoms with Crippen LogP contribution in [0.4, 0.5) is 0 Å². The maximum atomic E-state index is 11.6. The highest BCUT2D eigenvalue weighted by atomic mass is 32.2. The van der Waals surface area contributed by atoms with Crippen LogP contribution in [-0.4, -0.2) is 32.9 Å². The number of hydrogen-bond acceptors (Lipinski definition) is 3. The number of benzene rings is 1. The summed E-state index contributed by atoms with van der Waals surface area (Å²) in [5.74, 6) is 0.633. The Morgan fingerprint density at radius 1 is 1.16 bits per heavy atom. The molecule has 2 aromatic heterocycles. The van der Waals surface area contributed by atoms with E-state index in [1.807, 2.05) is 24.3 Å². The van der Waals surface area contributed by atoms with Gasteiger partial charge in [0, 0.05) is 39.9 Å². The lowest BCUT2D eigenvalue weighted by atomic mass is 9.91. The summed E-state index contributed by atoms with van der Waals surface area (Å²) in [6.45, 7) is 4.34. The number of nitrogens with one attached hydrogen (secondary N) is 1. The second-order valence-electron chi connectivity index (χ2n) is 6.82. The second-order valence-corrected chi connectivity index (χ2v) is 8.20. The molecule has 3 aromatic rings. The molecule has 4 rings (SSSR count). The van der Waals surface area contributed by atoms with E-state index >= 15 is 0 Å². The molecule has 130 valence electrons. The van der Waals surface area contributed by atoms with Crippen molar-refractivity contribution >= 4 is 16.4 Å². The fourth-order valence-electron chi connectivity index (χ4n) is 3.63. The normalized spacial score (nSPS) is 17.0. The van der Waals surface area contributed by atoms with Crippen LogP contribution >= 0.6 is 0 Å². The van der Waals surface area contributed by atoms with E-state index in [1.165, 1.54) is 24.0 Å². The van der Waals surface area contributed by atoms with Crippen LogP contribution in [0.3, 0.4) is 0 Å². The first-order chi connectivity index (χ1) is 12.1. The van der Waals surface area contributed by atoms with E-state index in [9.17, 15) is 4.21 Å². The second kappa shape index (κ2) is 6.73. The lowest BCUT2D eigenvalue weighted by Gasteiger charge is -2.23. The molecule has 1 aromatic carbocycles. The van der Waals surface area contributed by atoms with Crippen LogP contribution < -0.4 is 5.32 Å². The molecule has 0 radical (unpaired) electrons. The molecule has 0 amide bonds. The standard InChI is InChI=1S/C20H23N3OS/c1-14-11-17(15-7-9-21-10-8-15)12-23-13-19(22-20(14)23)16-3-5-18(6-4-16)25(2)24/h3-6,11-13,15,21H,7-10H2,1-2H3. The van der Waals surface area contributed by atoms with Gasteiger partial charge in [-0.15, -0.1) is 0 Å². The molecule has 1 aliphatic rings. The molecule has 0 spiro atoms. The van der Waals surface area contributed by atoms with E-state index in [-0.39, 0.29) is 0 Å². The van der Waals surface area contributed by atoms with E-state index in [4.69, 9.17) is 4.98 Å². The number of pyridine rings is 1. The molecule has 3 heterocycles. The maximum Gasteiger partial charge on any atom is 0.140 e. The van der Waals surface area contributed by atoms with Gasteiger partial charge in [0.2, 0.25) is 0 Å². The summed E-state index contributed by atoms with van der Waals surface area (Å²) in [7, 11) is -0.949. The molecule has 1 atom stereocenters. The largest absolute Gasteiger partial charge is 0.317 e. The highest BCUT2D eigenvalue weighted by Gasteiger charge is 2.17. The number of rotatable bonds is 3. The summed E-state index contributed by atoms with van der Waals surface area (Å²) in [5.41, 5.74) is 5.65. The summed E-state index contributed by atoms with van der Waals surface area (Å²) in [6.07, 6.45) is 8.44. The molecular weight excluding hydrogens is 330 g/mol. The summed E-state index contributed by atoms with van der Waals surface area (Å²) < 4.78 is 13.7. The van der Waals surface area contributed by atoms with E-state index in [2.05, 4.69) is 35.1 Å². The lowest BCUT2D eigenvalue weighted by Crippen LogP contribution is -2.26. The number of piperidine rings is 1. The molecule has 0 saturated carbocycles. The van der Waals surface area contributed by atoms with Gasteiger partial charge < -0.3 is 9.72 Å². The van der Waals surface area contributed by atoms with Crippen LogP contribution in [0.1, 0.15) is 29.9 Å². The topological polar surface area (TPSA) is 46.4 Å². The van der Waals surface area contributed by atoms with Gasteiger partial charge in [0.15, 0.2) is 0 Å². The third kappa shape index (κ3) is 3.26. The molecule has 25 heavy (non-hydrogen) atoms. The quantitative estimate of drug-likeness (QED) is 0.784. The van der Waals surface area contributed by atoms with E-state index in [0.29, 0.717) is 5.92 Å². The number of aromatic nitrogens is 2. The predicted octanol–water partition coefficient (Wildman–Crippen LogP) is 3.51. The Bertz CT molecular complexity index is 924. The molecule has 1 unspecified atom stereocenters. The van der Waals surface area contributed by atoms with Crippen LogP contribution in [0.2, 0.25) is 0 Å². The summed E-state index contributed by atoms with van der Waals surface area (Å²) in [6, 6.07) is 10.1. The van der Waals surface area contributed by atoms with E-state index in [0.717, 1.165) is 34.9 Å². The molecule has 0 bridgehead atoms. The van der Waals surface area contributed by atoms with Crippen LogP contribution in [0.15, 0.2) is 47.6 Å². The summed E-state index contributed by atoms with van der Waals surface area (Å²) in [4.78, 5) is 5.66. The highest BCUT2D eigenvalue weighted by Crippen LogP contribution is 2.28. The van der Waals surface area contributed by atoms with Gasteiger partial charge >= 0.3 is 0 Å². The van der Waals surface area contributed by atoms with Gasteiger partial charge in [-0.2, -0.15) is 0 Å². The van der Waals surface area contributed by atoms with Crippen molar-refractivity contribution in [2.45, 2.75) is 30.6 Å². The van der Waals surface area contributed by atoms with Crippen molar-refractivity contribution in [2.24, 2.45) is 0 Å². The Morgan fingerprint density at radius 2 is 1.88 bits per heavy atom. The molecular formula is C20H23N3OS. The average molecular weight is 353 g/mol. The zero-order valence-electron chi connectivity index (χ0n) is 14.7. The van der Waals surface area contributed by atoms with Crippen molar-refractivity contribution in [3.63, 3.8) is 0 Å². The Labute approximate surface area is 150 Å². The third-order valence-electron chi connectivity index (χ3n) is 5.05. The first-order valence-electron chi connectivity index (χ1n) is 8.75. The van der Waals surface area contributed by atoms with Gasteiger partial charge in [-0.25, -0.2) is 4.98 Å². The Balaban J connectivity index is 1.71. The van der Waals surface area contributed by atoms with Crippen LogP contribution in [0.5, 0.6) is 0 Å². The number of hydrogen-bond donors (Lipinski definition) is 1. The maximum absolute atomic E-state index is 11.6. The Morgan fingerprint density at radius 3 is 2.56 bits per heavy atom. The zero-order valence-corrected chi connectivity index (χ0v) is 15.5. The molecule has 5 heteroatoms. The van der Waals surface area contributed by atoms with E-state index < -0.39 is 10.8 Å². The van der Waals surface area contributed by atoms with Crippen LogP contribution in [0.25, 0.3) is 16.9 Å². The molecule has 1 saturated heterocycles. The predicted molar refractivity (Wildman–Crippen MR) is 103 cm³/mol. The van der Waals surface area contributed by atoms with Crippen molar-refractivity contribution in [1.29, 1.82) is 0 Å². The summed E-state index contributed by atoms with van der Waals surface area (Å²) in [5, 5.41) is 3.43. The third-order valence-corrected chi connectivity index (χ3v) is 5.98. The highest BCUT2D eigenvalue weighted by molar-refractivity contribution is 7.84. The van der Waals surface area contributed by atoms with Gasteiger partial charge in [0.25, 0.3) is 0 Å². The van der Waals surface area contributed by atoms with E-state index in [1.54, 1.807) is 6.26 Å². The van der Waals surface area contributed by atoms with Gasteiger partial charge in [-0.05, 0) is 62.0 Å². The van der Waals surface area contributed by atoms with Crippen LogP contribution in [0, 0.1) is 6.92 Å². The SMILES string of the molecule is Cc1cc(C2CCNCC2)cn2cc(-c3ccc(S(C)=O)cc3)nc12. The van der Waals surface area contributed by atoms with Crippen molar-refractivity contribution in [1.82, 2.24) is 14.7 Å². The number of imidazole rings is 1. The summed E-state index contributed by atoms with van der Waals surface area (Å²) >= 11 is 0. The fraction of sp³-hybridized carbons (Fsp3) is 0.350. The molecule has 1 N–H and O–H groups in total. The molecule has 1 aliphatic heterocycles. The fourth-order valence-corrected chi connectivity index (χ4v) is 4.15. The minimum absolute atomic E-state index is 0.633. The molecule has 0 aliphatic carbocycles. The number of aryl methyl sites for hydroxylation is 1. The first kappa shape index (κ1) is 16.5. The molecule has 1 fully saturated rings. The Kier molecular flexibility index (Phi) is 4.44. The van der Waals surface area contributed by atoms with Crippen LogP contribution in [-0.2, 0) is 10.8 Å². The van der Waals surface area contributed by atoms with Crippen molar-refractivity contribution in [2.75, 3.05) is 19.3 Å². The van der Waals surface area contributed by atoms with Crippen molar-refractivity contribution in [3.8, 4) is 11.3 Å². The lowest BCUT2D eigenvalue weighted by molar-refractivity contribution is 0.459. The monoisotopic (exact) mass is 353 g/mol. The number of fused-ring (bicyclic) bond motifs is 1. The molecule has 4 nitrogen and oxygen atoms in total. The van der Waals surface area contributed by atoms with Crippen molar-refractivity contribution in [3.05, 3.63) is 53.9 Å². The smallest absolute Gasteiger partial charge is 0.140 e. The van der Waals surface area contributed by atoms with Gasteiger partial charge in [0.1, 0.15) is 5.65 Å². The minimum atomic E-state index is -0.949.